The van der Waals surface area contributed by atoms with Crippen molar-refractivity contribution in [3.63, 3.8) is 0 Å². The first-order valence-electron chi connectivity index (χ1n) is 22.4. The number of nitrogens with two attached hydrogens (primary N) is 2. The number of likely N-dealkylation sites (N-methyl/N-ethyl adjacent to an activating group) is 1. The van der Waals surface area contributed by atoms with Crippen LogP contribution in [0.5, 0.6) is 34.6 Å². The number of hydrogen-bond acceptors (Lipinski definition) is 15. The maximum Gasteiger partial charge on any atom is 0.266 e. The Hall–Kier alpha value is -9.58. The van der Waals surface area contributed by atoms with Gasteiger partial charge >= 0.3 is 0 Å². The SMILES string of the molecule is C=C(C#N)C(=O)N1CCCC(Nc2ncnc(N)c2-c2ccc(Oc3cccc(-c4ccc(Oc5ccc(Oc6ncnc(N)c6-c6cccc(NC(=O)C(C#N)=CCN(C)C)c6)cc5)cc4)c3)cc2)C1. The summed E-state index contributed by atoms with van der Waals surface area (Å²) in [6.45, 7) is 4.97. The van der Waals surface area contributed by atoms with E-state index in [0.29, 0.717) is 82.4 Å². The third-order valence-electron chi connectivity index (χ3n) is 11.3. The molecule has 1 aliphatic rings. The number of likely N-dealkylation sites (tertiary alicyclic amines) is 1. The van der Waals surface area contributed by atoms with Crippen molar-refractivity contribution < 1.29 is 23.8 Å². The maximum atomic E-state index is 12.8. The quantitative estimate of drug-likeness (QED) is 0.0521. The zero-order valence-electron chi connectivity index (χ0n) is 38.9. The van der Waals surface area contributed by atoms with Crippen molar-refractivity contribution in [2.24, 2.45) is 0 Å². The van der Waals surface area contributed by atoms with E-state index in [1.54, 1.807) is 59.5 Å². The van der Waals surface area contributed by atoms with Gasteiger partial charge in [0, 0.05) is 31.4 Å². The Bertz CT molecular complexity index is 3200. The molecule has 8 rings (SSSR count). The van der Waals surface area contributed by atoms with Crippen molar-refractivity contribution in [2.75, 3.05) is 55.8 Å². The van der Waals surface area contributed by atoms with Crippen LogP contribution in [0.25, 0.3) is 33.4 Å². The van der Waals surface area contributed by atoms with Gasteiger partial charge in [-0.1, -0.05) is 55.1 Å². The van der Waals surface area contributed by atoms with Crippen LogP contribution in [0, 0.1) is 22.7 Å². The summed E-state index contributed by atoms with van der Waals surface area (Å²) in [6, 6.07) is 40.7. The molecule has 1 unspecified atom stereocenters. The van der Waals surface area contributed by atoms with E-state index in [2.05, 4.69) is 37.1 Å². The third kappa shape index (κ3) is 11.9. The number of benzene rings is 5. The third-order valence-corrected chi connectivity index (χ3v) is 11.3. The second-order valence-corrected chi connectivity index (χ2v) is 16.6. The molecule has 1 fully saturated rings. The van der Waals surface area contributed by atoms with Crippen molar-refractivity contribution in [1.82, 2.24) is 29.7 Å². The van der Waals surface area contributed by atoms with Gasteiger partial charge in [0.25, 0.3) is 11.8 Å². The van der Waals surface area contributed by atoms with E-state index in [4.69, 9.17) is 30.9 Å². The first kappa shape index (κ1) is 47.9. The van der Waals surface area contributed by atoms with Gasteiger partial charge in [-0.15, -0.1) is 0 Å². The van der Waals surface area contributed by atoms with Gasteiger partial charge in [0.05, 0.1) is 11.1 Å². The number of ether oxygens (including phenoxy) is 3. The minimum atomic E-state index is -0.528. The van der Waals surface area contributed by atoms with Crippen LogP contribution >= 0.6 is 0 Å². The summed E-state index contributed by atoms with van der Waals surface area (Å²) in [5.41, 5.74) is 17.4. The Kier molecular flexibility index (Phi) is 14.9. The van der Waals surface area contributed by atoms with Gasteiger partial charge in [-0.25, -0.2) is 19.9 Å². The molecule has 0 radical (unpaired) electrons. The van der Waals surface area contributed by atoms with Gasteiger partial charge in [0.2, 0.25) is 5.88 Å². The van der Waals surface area contributed by atoms with E-state index >= 15 is 0 Å². The molecule has 0 spiro atoms. The van der Waals surface area contributed by atoms with Crippen molar-refractivity contribution in [3.8, 4) is 80.1 Å². The second-order valence-electron chi connectivity index (χ2n) is 16.6. The fraction of sp³-hybridized carbons (Fsp3) is 0.148. The van der Waals surface area contributed by atoms with Gasteiger partial charge in [0.1, 0.15) is 82.1 Å². The molecule has 7 aromatic rings. The van der Waals surface area contributed by atoms with Crippen LogP contribution in [-0.4, -0.2) is 81.3 Å². The molecular weight excluding hydrogens is 897 g/mol. The van der Waals surface area contributed by atoms with E-state index in [0.717, 1.165) is 29.5 Å². The van der Waals surface area contributed by atoms with Gasteiger partial charge in [0.15, 0.2) is 0 Å². The highest BCUT2D eigenvalue weighted by molar-refractivity contribution is 6.07. The minimum Gasteiger partial charge on any atom is -0.457 e. The number of piperidine rings is 1. The minimum absolute atomic E-state index is 0.000924. The van der Waals surface area contributed by atoms with Gasteiger partial charge < -0.3 is 46.1 Å². The predicted molar refractivity (Wildman–Crippen MR) is 271 cm³/mol. The van der Waals surface area contributed by atoms with Crippen molar-refractivity contribution in [3.05, 3.63) is 158 Å². The van der Waals surface area contributed by atoms with Gasteiger partial charge in [-0.05, 0) is 128 Å². The number of carbonyl (C=O) groups excluding carboxylic acids is 2. The monoisotopic (exact) mass is 944 g/mol. The average Bonchev–Trinajstić information content (AvgIpc) is 3.37. The predicted octanol–water partition coefficient (Wildman–Crippen LogP) is 9.24. The standard InChI is InChI=1S/C54H48N12O5/c1-34(29-55)54(68)66-25-6-10-41(31-66)63-51-47(49(57)59-32-61-51)36-14-18-43(19-15-36)70-46-11-5-7-37(28-46)35-12-16-42(17-13-35)69-44-20-22-45(23-21-44)71-53-48(50(58)60-33-62-53)38-8-4-9-40(27-38)64-52(67)39(30-56)24-26-65(2)3/h4-5,7-9,11-24,27-28,32-33,41H,1,6,10,25-26,31H2,2-3H3,(H,64,67)(H2,58,60,62)(H3,57,59,61,63). The molecule has 0 bridgehead atoms. The van der Waals surface area contributed by atoms with E-state index in [1.807, 2.05) is 104 Å². The summed E-state index contributed by atoms with van der Waals surface area (Å²) < 4.78 is 18.6. The van der Waals surface area contributed by atoms with Crippen LogP contribution in [0.1, 0.15) is 12.8 Å². The number of aromatic nitrogens is 4. The molecule has 17 heteroatoms. The molecule has 354 valence electrons. The van der Waals surface area contributed by atoms with E-state index in [-0.39, 0.29) is 34.8 Å². The lowest BCUT2D eigenvalue weighted by Gasteiger charge is -2.33. The lowest BCUT2D eigenvalue weighted by atomic mass is 10.0. The molecule has 71 heavy (non-hydrogen) atoms. The van der Waals surface area contributed by atoms with Crippen LogP contribution < -0.4 is 36.3 Å². The average molecular weight is 945 g/mol. The summed E-state index contributed by atoms with van der Waals surface area (Å²) in [4.78, 5) is 46.2. The first-order chi connectivity index (χ1) is 34.4. The van der Waals surface area contributed by atoms with E-state index in [1.165, 1.54) is 12.7 Å². The number of nitrogens with zero attached hydrogens (tertiary/aromatic N) is 8. The number of amides is 2. The maximum absolute atomic E-state index is 12.8. The Labute approximate surface area is 410 Å². The summed E-state index contributed by atoms with van der Waals surface area (Å²) in [5.74, 6) is 3.28. The molecule has 2 amide bonds. The lowest BCUT2D eigenvalue weighted by molar-refractivity contribution is -0.127. The Morgan fingerprint density at radius 3 is 2.01 bits per heavy atom. The van der Waals surface area contributed by atoms with Crippen LogP contribution in [-0.2, 0) is 9.59 Å². The molecule has 17 nitrogen and oxygen atoms in total. The number of anilines is 4. The van der Waals surface area contributed by atoms with Crippen molar-refractivity contribution in [2.45, 2.75) is 18.9 Å². The van der Waals surface area contributed by atoms with Crippen LogP contribution in [0.3, 0.4) is 0 Å². The number of hydrogen-bond donors (Lipinski definition) is 4. The highest BCUT2D eigenvalue weighted by Gasteiger charge is 2.27. The summed E-state index contributed by atoms with van der Waals surface area (Å²) in [5, 5.41) is 24.9. The molecule has 6 N–H and O–H groups in total. The zero-order valence-corrected chi connectivity index (χ0v) is 38.9. The van der Waals surface area contributed by atoms with Gasteiger partial charge in [-0.3, -0.25) is 9.59 Å². The molecule has 2 aromatic heterocycles. The Balaban J connectivity index is 0.882. The smallest absolute Gasteiger partial charge is 0.266 e. The number of nitrogen functional groups attached to an aromatic ring is 2. The number of nitrogens with one attached hydrogen (secondary N) is 2. The second kappa shape index (κ2) is 22.0. The summed E-state index contributed by atoms with van der Waals surface area (Å²) in [7, 11) is 3.69. The zero-order chi connectivity index (χ0) is 49.9. The van der Waals surface area contributed by atoms with E-state index in [9.17, 15) is 14.9 Å². The molecule has 1 atom stereocenters. The molecule has 1 aliphatic heterocycles. The van der Waals surface area contributed by atoms with Crippen LogP contribution in [0.4, 0.5) is 23.1 Å². The number of nitriles is 2. The van der Waals surface area contributed by atoms with Crippen LogP contribution in [0.2, 0.25) is 0 Å². The molecule has 0 saturated carbocycles. The number of carbonyl (C=O) groups is 2. The number of rotatable bonds is 16. The fourth-order valence-corrected chi connectivity index (χ4v) is 7.75. The first-order valence-corrected chi connectivity index (χ1v) is 22.4. The Morgan fingerprint density at radius 2 is 1.34 bits per heavy atom. The highest BCUT2D eigenvalue weighted by Crippen LogP contribution is 2.38. The molecule has 1 saturated heterocycles. The summed E-state index contributed by atoms with van der Waals surface area (Å²) in [6.07, 6.45) is 5.85. The molecule has 5 aromatic carbocycles. The largest absolute Gasteiger partial charge is 0.457 e. The van der Waals surface area contributed by atoms with E-state index < -0.39 is 5.91 Å². The van der Waals surface area contributed by atoms with Gasteiger partial charge in [-0.2, -0.15) is 10.5 Å². The van der Waals surface area contributed by atoms with Crippen molar-refractivity contribution in [1.29, 1.82) is 10.5 Å². The summed E-state index contributed by atoms with van der Waals surface area (Å²) >= 11 is 0. The normalized spacial score (nSPS) is 13.3. The van der Waals surface area contributed by atoms with Crippen molar-refractivity contribution >= 4 is 35.0 Å². The lowest BCUT2D eigenvalue weighted by Crippen LogP contribution is -2.45. The topological polar surface area (TPSA) is 244 Å². The Morgan fingerprint density at radius 1 is 0.732 bits per heavy atom. The molecular formula is C54H48N12O5. The molecule has 3 heterocycles. The molecule has 0 aliphatic carbocycles. The van der Waals surface area contributed by atoms with Crippen LogP contribution in [0.15, 0.2) is 158 Å². The highest BCUT2D eigenvalue weighted by atomic mass is 16.5. The fourth-order valence-electron chi connectivity index (χ4n) is 7.75.